The van der Waals surface area contributed by atoms with Crippen LogP contribution in [0.15, 0.2) is 0 Å². The molecule has 4 N–H and O–H groups in total. The van der Waals surface area contributed by atoms with Gasteiger partial charge in [-0.15, -0.1) is 0 Å². The predicted octanol–water partition coefficient (Wildman–Crippen LogP) is 5.16. The molecule has 1 unspecified atom stereocenters. The van der Waals surface area contributed by atoms with Crippen molar-refractivity contribution < 1.29 is 5.11 Å². The molecule has 0 saturated heterocycles. The number of rotatable bonds is 20. The zero-order valence-electron chi connectivity index (χ0n) is 16.5. The fraction of sp³-hybridized carbons (Fsp3) is 1.00. The van der Waals surface area contributed by atoms with Crippen molar-refractivity contribution >= 4 is 0 Å². The monoisotopic (exact) mass is 342 g/mol. The van der Waals surface area contributed by atoms with Crippen LogP contribution in [0.2, 0.25) is 0 Å². The van der Waals surface area contributed by atoms with Gasteiger partial charge in [-0.1, -0.05) is 96.8 Å². The third kappa shape index (κ3) is 19.9. The van der Waals surface area contributed by atoms with Gasteiger partial charge in [-0.2, -0.15) is 0 Å². The smallest absolute Gasteiger partial charge is 0.0664 e. The molecule has 146 valence electrons. The van der Waals surface area contributed by atoms with E-state index in [0.29, 0.717) is 0 Å². The Morgan fingerprint density at radius 2 is 1.17 bits per heavy atom. The van der Waals surface area contributed by atoms with Crippen molar-refractivity contribution in [2.24, 2.45) is 5.73 Å². The minimum absolute atomic E-state index is 0.180. The van der Waals surface area contributed by atoms with Gasteiger partial charge in [0.2, 0.25) is 0 Å². The van der Waals surface area contributed by atoms with Crippen LogP contribution in [0, 0.1) is 0 Å². The van der Waals surface area contributed by atoms with Crippen LogP contribution in [0.4, 0.5) is 0 Å². The molecule has 0 fully saturated rings. The van der Waals surface area contributed by atoms with E-state index >= 15 is 0 Å². The van der Waals surface area contributed by atoms with Crippen molar-refractivity contribution in [3.8, 4) is 0 Å². The van der Waals surface area contributed by atoms with Crippen molar-refractivity contribution in [1.29, 1.82) is 0 Å². The highest BCUT2D eigenvalue weighted by Crippen LogP contribution is 2.13. The van der Waals surface area contributed by atoms with E-state index in [9.17, 15) is 5.11 Å². The van der Waals surface area contributed by atoms with Gasteiger partial charge < -0.3 is 16.2 Å². The molecular formula is C21H46N2O. The summed E-state index contributed by atoms with van der Waals surface area (Å²) < 4.78 is 0. The summed E-state index contributed by atoms with van der Waals surface area (Å²) in [5, 5.41) is 13.1. The van der Waals surface area contributed by atoms with Gasteiger partial charge in [0.05, 0.1) is 6.10 Å². The van der Waals surface area contributed by atoms with Crippen LogP contribution in [0.3, 0.4) is 0 Å². The summed E-state index contributed by atoms with van der Waals surface area (Å²) in [7, 11) is 0. The Hall–Kier alpha value is -0.120. The van der Waals surface area contributed by atoms with E-state index in [1.54, 1.807) is 0 Å². The Labute approximate surface area is 152 Å². The number of nitrogens with two attached hydrogens (primary N) is 1. The molecule has 0 bridgehead atoms. The summed E-state index contributed by atoms with van der Waals surface area (Å²) in [5.41, 5.74) is 5.44. The standard InChI is InChI=1S/C21H46N2O/c1-2-3-4-5-6-7-8-9-10-11-12-13-14-15-17-21(24)20-23-19-16-18-22/h21,23-24H,2-20,22H2,1H3. The molecule has 0 aliphatic rings. The molecule has 0 aromatic rings. The molecular weight excluding hydrogens is 296 g/mol. The van der Waals surface area contributed by atoms with Gasteiger partial charge in [0, 0.05) is 6.54 Å². The molecule has 0 aliphatic heterocycles. The first kappa shape index (κ1) is 23.9. The molecule has 0 spiro atoms. The lowest BCUT2D eigenvalue weighted by atomic mass is 10.0. The molecule has 24 heavy (non-hydrogen) atoms. The number of unbranched alkanes of at least 4 members (excludes halogenated alkanes) is 13. The van der Waals surface area contributed by atoms with E-state index in [1.165, 1.54) is 83.5 Å². The van der Waals surface area contributed by atoms with Crippen LogP contribution in [0.1, 0.15) is 110 Å². The largest absolute Gasteiger partial charge is 0.392 e. The van der Waals surface area contributed by atoms with Crippen LogP contribution in [-0.2, 0) is 0 Å². The molecule has 3 heteroatoms. The van der Waals surface area contributed by atoms with Gasteiger partial charge in [0.15, 0.2) is 0 Å². The first-order chi connectivity index (χ1) is 11.8. The van der Waals surface area contributed by atoms with Crippen LogP contribution < -0.4 is 11.1 Å². The van der Waals surface area contributed by atoms with Crippen LogP contribution in [-0.4, -0.2) is 30.8 Å². The molecule has 0 radical (unpaired) electrons. The Morgan fingerprint density at radius 1 is 0.708 bits per heavy atom. The Morgan fingerprint density at radius 3 is 1.62 bits per heavy atom. The van der Waals surface area contributed by atoms with Crippen molar-refractivity contribution in [3.05, 3.63) is 0 Å². The fourth-order valence-corrected chi connectivity index (χ4v) is 3.17. The van der Waals surface area contributed by atoms with Crippen LogP contribution in [0.25, 0.3) is 0 Å². The van der Waals surface area contributed by atoms with E-state index in [-0.39, 0.29) is 6.10 Å². The first-order valence-corrected chi connectivity index (χ1v) is 10.9. The summed E-state index contributed by atoms with van der Waals surface area (Å²) in [6, 6.07) is 0. The van der Waals surface area contributed by atoms with Crippen molar-refractivity contribution in [2.75, 3.05) is 19.6 Å². The Bertz CT molecular complexity index is 224. The molecule has 0 aliphatic carbocycles. The Balaban J connectivity index is 3.06. The van der Waals surface area contributed by atoms with Gasteiger partial charge in [0.1, 0.15) is 0 Å². The van der Waals surface area contributed by atoms with Gasteiger partial charge in [-0.3, -0.25) is 0 Å². The third-order valence-corrected chi connectivity index (χ3v) is 4.83. The summed E-state index contributed by atoms with van der Waals surface area (Å²) in [5.74, 6) is 0. The van der Waals surface area contributed by atoms with Gasteiger partial charge >= 0.3 is 0 Å². The van der Waals surface area contributed by atoms with Gasteiger partial charge in [0.25, 0.3) is 0 Å². The second kappa shape index (κ2) is 20.9. The van der Waals surface area contributed by atoms with Crippen LogP contribution >= 0.6 is 0 Å². The first-order valence-electron chi connectivity index (χ1n) is 10.9. The highest BCUT2D eigenvalue weighted by atomic mass is 16.3. The fourth-order valence-electron chi connectivity index (χ4n) is 3.17. The highest BCUT2D eigenvalue weighted by molar-refractivity contribution is 4.60. The summed E-state index contributed by atoms with van der Waals surface area (Å²) in [4.78, 5) is 0. The molecule has 3 nitrogen and oxygen atoms in total. The SMILES string of the molecule is CCCCCCCCCCCCCCCCC(O)CNCCCN. The number of nitrogens with one attached hydrogen (secondary N) is 1. The zero-order valence-corrected chi connectivity index (χ0v) is 16.5. The lowest BCUT2D eigenvalue weighted by Gasteiger charge is -2.11. The van der Waals surface area contributed by atoms with E-state index < -0.39 is 0 Å². The van der Waals surface area contributed by atoms with E-state index in [2.05, 4.69) is 12.2 Å². The molecule has 0 aromatic heterocycles. The van der Waals surface area contributed by atoms with Gasteiger partial charge in [-0.05, 0) is 25.9 Å². The second-order valence-electron chi connectivity index (χ2n) is 7.39. The van der Waals surface area contributed by atoms with Crippen molar-refractivity contribution in [3.63, 3.8) is 0 Å². The molecule has 0 aromatic carbocycles. The van der Waals surface area contributed by atoms with E-state index in [1.807, 2.05) is 0 Å². The molecule has 0 heterocycles. The van der Waals surface area contributed by atoms with Gasteiger partial charge in [-0.25, -0.2) is 0 Å². The van der Waals surface area contributed by atoms with Crippen molar-refractivity contribution in [1.82, 2.24) is 5.32 Å². The highest BCUT2D eigenvalue weighted by Gasteiger charge is 2.02. The molecule has 0 rings (SSSR count). The summed E-state index contributed by atoms with van der Waals surface area (Å²) in [6.07, 6.45) is 21.1. The maximum atomic E-state index is 9.85. The van der Waals surface area contributed by atoms with Crippen molar-refractivity contribution in [2.45, 2.75) is 116 Å². The number of hydrogen-bond acceptors (Lipinski definition) is 3. The maximum Gasteiger partial charge on any atom is 0.0664 e. The minimum Gasteiger partial charge on any atom is -0.392 e. The lowest BCUT2D eigenvalue weighted by molar-refractivity contribution is 0.158. The zero-order chi connectivity index (χ0) is 17.7. The van der Waals surface area contributed by atoms with E-state index in [4.69, 9.17) is 5.73 Å². The average molecular weight is 343 g/mol. The molecule has 0 amide bonds. The predicted molar refractivity (Wildman–Crippen MR) is 107 cm³/mol. The summed E-state index contributed by atoms with van der Waals surface area (Å²) in [6.45, 7) is 4.65. The summed E-state index contributed by atoms with van der Waals surface area (Å²) >= 11 is 0. The topological polar surface area (TPSA) is 58.3 Å². The van der Waals surface area contributed by atoms with Crippen LogP contribution in [0.5, 0.6) is 0 Å². The quantitative estimate of drug-likeness (QED) is 0.268. The second-order valence-corrected chi connectivity index (χ2v) is 7.39. The third-order valence-electron chi connectivity index (χ3n) is 4.83. The molecule has 1 atom stereocenters. The lowest BCUT2D eigenvalue weighted by Crippen LogP contribution is -2.28. The Kier molecular flexibility index (Phi) is 20.8. The number of hydrogen-bond donors (Lipinski definition) is 3. The average Bonchev–Trinajstić information content (AvgIpc) is 2.59. The number of aliphatic hydroxyl groups is 1. The maximum absolute atomic E-state index is 9.85. The normalized spacial score (nSPS) is 12.6. The minimum atomic E-state index is -0.180. The van der Waals surface area contributed by atoms with E-state index in [0.717, 1.165) is 38.9 Å². The molecule has 0 saturated carbocycles. The number of aliphatic hydroxyl groups excluding tert-OH is 1.